The zero-order valence-electron chi connectivity index (χ0n) is 28.5. The molecule has 9 heteroatoms. The normalized spacial score (nSPS) is 14.8. The zero-order chi connectivity index (χ0) is 33.8. The summed E-state index contributed by atoms with van der Waals surface area (Å²) in [5.74, 6) is -0.424. The lowest BCUT2D eigenvalue weighted by Gasteiger charge is -2.19. The van der Waals surface area contributed by atoms with Gasteiger partial charge in [-0.1, -0.05) is 112 Å². The molecule has 2 atom stereocenters. The van der Waals surface area contributed by atoms with Crippen LogP contribution in [-0.2, 0) is 27.9 Å². The number of phosphoric acid groups is 1. The molecule has 2 unspecified atom stereocenters. The highest BCUT2D eigenvalue weighted by atomic mass is 31.2. The van der Waals surface area contributed by atoms with E-state index in [2.05, 4.69) is 86.8 Å². The van der Waals surface area contributed by atoms with Gasteiger partial charge in [0.25, 0.3) is 0 Å². The first kappa shape index (κ1) is 43.7. The van der Waals surface area contributed by atoms with Crippen LogP contribution in [-0.4, -0.2) is 49.9 Å². The second-order valence-electron chi connectivity index (χ2n) is 10.6. The summed E-state index contributed by atoms with van der Waals surface area (Å²) in [6.07, 6.45) is 41.9. The number of hydrogen-bond donors (Lipinski definition) is 2. The van der Waals surface area contributed by atoms with E-state index >= 15 is 0 Å². The average molecular weight is 664 g/mol. The SMILES string of the molecule is CC/C=C\C/C=C\C/C=C\C/C=C\CCC(=O)OC(COCCCCCC/C=C\C/C=C\C/C=C\CC)COP(=O)(O)OCCN. The summed E-state index contributed by atoms with van der Waals surface area (Å²) in [6, 6.07) is 0. The maximum Gasteiger partial charge on any atom is 0.472 e. The number of rotatable bonds is 31. The van der Waals surface area contributed by atoms with Crippen molar-refractivity contribution in [2.45, 2.75) is 110 Å². The van der Waals surface area contributed by atoms with Crippen molar-refractivity contribution in [3.05, 3.63) is 85.1 Å². The van der Waals surface area contributed by atoms with Crippen LogP contribution in [0.4, 0.5) is 0 Å². The molecule has 3 N–H and O–H groups in total. The van der Waals surface area contributed by atoms with Gasteiger partial charge >= 0.3 is 13.8 Å². The summed E-state index contributed by atoms with van der Waals surface area (Å²) >= 11 is 0. The van der Waals surface area contributed by atoms with Crippen molar-refractivity contribution in [2.24, 2.45) is 5.73 Å². The van der Waals surface area contributed by atoms with Crippen molar-refractivity contribution in [1.82, 2.24) is 0 Å². The smallest absolute Gasteiger partial charge is 0.457 e. The number of ether oxygens (including phenoxy) is 2. The van der Waals surface area contributed by atoms with Gasteiger partial charge in [-0.25, -0.2) is 4.57 Å². The Morgan fingerprint density at radius 2 is 1.15 bits per heavy atom. The van der Waals surface area contributed by atoms with Crippen LogP contribution >= 0.6 is 7.82 Å². The molecule has 0 aromatic carbocycles. The number of esters is 1. The molecule has 0 fully saturated rings. The molecule has 0 saturated carbocycles. The lowest BCUT2D eigenvalue weighted by molar-refractivity contribution is -0.154. The van der Waals surface area contributed by atoms with Gasteiger partial charge in [-0.2, -0.15) is 0 Å². The number of nitrogens with two attached hydrogens (primary N) is 1. The molecule has 0 saturated heterocycles. The van der Waals surface area contributed by atoms with Gasteiger partial charge in [0, 0.05) is 19.6 Å². The third-order valence-electron chi connectivity index (χ3n) is 6.32. The number of hydrogen-bond acceptors (Lipinski definition) is 7. The minimum atomic E-state index is -4.30. The van der Waals surface area contributed by atoms with Gasteiger partial charge in [0.2, 0.25) is 0 Å². The average Bonchev–Trinajstić information content (AvgIpc) is 3.04. The van der Waals surface area contributed by atoms with Crippen molar-refractivity contribution < 1.29 is 32.8 Å². The molecule has 0 aliphatic carbocycles. The van der Waals surface area contributed by atoms with E-state index < -0.39 is 19.9 Å². The molecule has 0 bridgehead atoms. The minimum absolute atomic E-state index is 0.0666. The van der Waals surface area contributed by atoms with E-state index in [4.69, 9.17) is 24.3 Å². The fourth-order valence-electron chi connectivity index (χ4n) is 3.90. The summed E-state index contributed by atoms with van der Waals surface area (Å²) in [5, 5.41) is 0. The highest BCUT2D eigenvalue weighted by Gasteiger charge is 2.25. The van der Waals surface area contributed by atoms with Gasteiger partial charge in [0.1, 0.15) is 6.10 Å². The summed E-state index contributed by atoms with van der Waals surface area (Å²) in [7, 11) is -4.30. The van der Waals surface area contributed by atoms with Crippen LogP contribution in [0.2, 0.25) is 0 Å². The van der Waals surface area contributed by atoms with Crippen LogP contribution in [0.25, 0.3) is 0 Å². The number of phosphoric ester groups is 1. The van der Waals surface area contributed by atoms with E-state index in [0.717, 1.165) is 77.0 Å². The van der Waals surface area contributed by atoms with Crippen molar-refractivity contribution >= 4 is 13.8 Å². The lowest BCUT2D eigenvalue weighted by Crippen LogP contribution is -2.28. The quantitative estimate of drug-likeness (QED) is 0.0326. The van der Waals surface area contributed by atoms with Gasteiger partial charge < -0.3 is 20.1 Å². The monoisotopic (exact) mass is 663 g/mol. The molecule has 0 rings (SSSR count). The Bertz CT molecular complexity index is 969. The first-order chi connectivity index (χ1) is 22.4. The highest BCUT2D eigenvalue weighted by Crippen LogP contribution is 2.43. The summed E-state index contributed by atoms with van der Waals surface area (Å²) in [4.78, 5) is 22.3. The van der Waals surface area contributed by atoms with Gasteiger partial charge in [-0.15, -0.1) is 0 Å². The molecule has 0 aliphatic heterocycles. The molecule has 0 aliphatic rings. The number of unbranched alkanes of at least 4 members (excludes halogenated alkanes) is 4. The number of allylic oxidation sites excluding steroid dienone is 14. The molecule has 0 heterocycles. The summed E-state index contributed by atoms with van der Waals surface area (Å²) in [5.41, 5.74) is 5.33. The van der Waals surface area contributed by atoms with Crippen molar-refractivity contribution in [1.29, 1.82) is 0 Å². The second kappa shape index (κ2) is 34.0. The number of carbonyl (C=O) groups is 1. The van der Waals surface area contributed by atoms with Crippen LogP contribution in [0.1, 0.15) is 104 Å². The Balaban J connectivity index is 4.32. The Labute approximate surface area is 279 Å². The molecule has 8 nitrogen and oxygen atoms in total. The van der Waals surface area contributed by atoms with E-state index in [1.165, 1.54) is 0 Å². The molecule has 0 amide bonds. The van der Waals surface area contributed by atoms with Crippen LogP contribution in [0.3, 0.4) is 0 Å². The molecule has 0 aromatic heterocycles. The van der Waals surface area contributed by atoms with Crippen molar-refractivity contribution in [3.63, 3.8) is 0 Å². The van der Waals surface area contributed by atoms with Crippen LogP contribution < -0.4 is 5.73 Å². The summed E-state index contributed by atoms with van der Waals surface area (Å²) < 4.78 is 33.1. The Morgan fingerprint density at radius 3 is 1.70 bits per heavy atom. The first-order valence-corrected chi connectivity index (χ1v) is 18.6. The molecule has 0 aromatic rings. The molecule has 0 spiro atoms. The van der Waals surface area contributed by atoms with Gasteiger partial charge in [0.15, 0.2) is 0 Å². The van der Waals surface area contributed by atoms with E-state index in [1.807, 2.05) is 12.2 Å². The Morgan fingerprint density at radius 1 is 0.652 bits per heavy atom. The van der Waals surface area contributed by atoms with Gasteiger partial charge in [0.05, 0.1) is 19.8 Å². The third kappa shape index (κ3) is 33.1. The second-order valence-corrected chi connectivity index (χ2v) is 12.1. The predicted molar refractivity (Wildman–Crippen MR) is 191 cm³/mol. The largest absolute Gasteiger partial charge is 0.472 e. The molecule has 0 radical (unpaired) electrons. The third-order valence-corrected chi connectivity index (χ3v) is 7.31. The van der Waals surface area contributed by atoms with Crippen LogP contribution in [0.15, 0.2) is 85.1 Å². The molecular weight excluding hydrogens is 601 g/mol. The van der Waals surface area contributed by atoms with Crippen LogP contribution in [0, 0.1) is 0 Å². The summed E-state index contributed by atoms with van der Waals surface area (Å²) in [6.45, 7) is 4.48. The Kier molecular flexibility index (Phi) is 32.3. The standard InChI is InChI=1S/C37H62NO7P/c1-3-5-7-9-11-13-15-17-19-21-23-25-27-29-32-42-34-36(35-44-46(40,41)43-33-31-38)45-37(39)30-28-26-24-22-20-18-16-14-12-10-8-6-4-2/h5-8,11-14,17-20,24,26,36H,3-4,9-10,15-16,21-23,25,27-35,38H2,1-2H3,(H,40,41)/b7-5-,8-6-,13-11-,14-12-,19-17-,20-18-,26-24-. The Hall–Kier alpha value is -2.32. The van der Waals surface area contributed by atoms with Crippen molar-refractivity contribution in [3.8, 4) is 0 Å². The minimum Gasteiger partial charge on any atom is -0.457 e. The molecule has 46 heavy (non-hydrogen) atoms. The number of carbonyl (C=O) groups excluding carboxylic acids is 1. The molecular formula is C37H62NO7P. The van der Waals surface area contributed by atoms with Gasteiger partial charge in [-0.05, 0) is 70.6 Å². The fourth-order valence-corrected chi connectivity index (χ4v) is 4.67. The highest BCUT2D eigenvalue weighted by molar-refractivity contribution is 7.47. The lowest BCUT2D eigenvalue weighted by atomic mass is 10.1. The van der Waals surface area contributed by atoms with Gasteiger partial charge in [-0.3, -0.25) is 13.8 Å². The fraction of sp³-hybridized carbons (Fsp3) is 0.595. The predicted octanol–water partition coefficient (Wildman–Crippen LogP) is 9.40. The van der Waals surface area contributed by atoms with Crippen molar-refractivity contribution in [2.75, 3.05) is 33.0 Å². The van der Waals surface area contributed by atoms with E-state index in [1.54, 1.807) is 0 Å². The van der Waals surface area contributed by atoms with E-state index in [0.29, 0.717) is 13.0 Å². The maximum atomic E-state index is 12.4. The molecule has 262 valence electrons. The maximum absolute atomic E-state index is 12.4. The van der Waals surface area contributed by atoms with Crippen LogP contribution in [0.5, 0.6) is 0 Å². The van der Waals surface area contributed by atoms with E-state index in [-0.39, 0.29) is 32.8 Å². The first-order valence-electron chi connectivity index (χ1n) is 17.1. The van der Waals surface area contributed by atoms with E-state index in [9.17, 15) is 14.3 Å². The zero-order valence-corrected chi connectivity index (χ0v) is 29.4. The topological polar surface area (TPSA) is 117 Å².